The number of hydrogen-bond acceptors (Lipinski definition) is 6. The van der Waals surface area contributed by atoms with Crippen molar-refractivity contribution in [3.63, 3.8) is 0 Å². The fourth-order valence-corrected chi connectivity index (χ4v) is 6.12. The van der Waals surface area contributed by atoms with Crippen molar-refractivity contribution in [1.29, 1.82) is 0 Å². The highest BCUT2D eigenvalue weighted by Crippen LogP contribution is 2.46. The molecule has 0 saturated carbocycles. The Balaban J connectivity index is 1.29. The van der Waals surface area contributed by atoms with E-state index in [1.165, 1.54) is 24.9 Å². The lowest BCUT2D eigenvalue weighted by Gasteiger charge is -2.29. The molecule has 0 radical (unpaired) electrons. The second-order valence-electron chi connectivity index (χ2n) is 10.5. The van der Waals surface area contributed by atoms with Gasteiger partial charge in [-0.05, 0) is 81.1 Å². The Hall–Kier alpha value is -5.03. The zero-order chi connectivity index (χ0) is 30.2. The molecule has 0 unspecified atom stereocenters. The van der Waals surface area contributed by atoms with Crippen molar-refractivity contribution < 1.29 is 23.5 Å². The second kappa shape index (κ2) is 11.3. The third-order valence-electron chi connectivity index (χ3n) is 7.16. The number of amides is 4. The fourth-order valence-electron chi connectivity index (χ4n) is 5.11. The molecule has 0 aliphatic carbocycles. The third kappa shape index (κ3) is 5.35. The molecule has 2 N–H and O–H groups in total. The Bertz CT molecular complexity index is 1850. The van der Waals surface area contributed by atoms with Crippen LogP contribution in [0.4, 0.5) is 26.2 Å². The fraction of sp³-hybridized carbons (Fsp3) is 0.188. The van der Waals surface area contributed by atoms with Gasteiger partial charge in [0.25, 0.3) is 11.8 Å². The molecule has 6 rings (SSSR count). The maximum Gasteiger partial charge on any atom is 0.331 e. The predicted octanol–water partition coefficient (Wildman–Crippen LogP) is 7.54. The minimum absolute atomic E-state index is 0.283. The topological polar surface area (TPSA) is 104 Å². The van der Waals surface area contributed by atoms with Crippen LogP contribution in [-0.2, 0) is 4.79 Å². The van der Waals surface area contributed by atoms with Crippen LogP contribution in [0.3, 0.4) is 0 Å². The summed E-state index contributed by atoms with van der Waals surface area (Å²) in [4.78, 5) is 47.7. The highest BCUT2D eigenvalue weighted by Gasteiger charge is 2.34. The van der Waals surface area contributed by atoms with Crippen LogP contribution in [0.25, 0.3) is 10.2 Å². The molecule has 0 atom stereocenters. The van der Waals surface area contributed by atoms with Crippen molar-refractivity contribution in [2.45, 2.75) is 33.6 Å². The number of carbonyl (C=O) groups is 3. The first kappa shape index (κ1) is 28.1. The van der Waals surface area contributed by atoms with E-state index in [4.69, 9.17) is 4.74 Å². The number of benzene rings is 2. The first-order chi connectivity index (χ1) is 20.7. The van der Waals surface area contributed by atoms with Gasteiger partial charge in [-0.3, -0.25) is 14.5 Å². The summed E-state index contributed by atoms with van der Waals surface area (Å²) in [7, 11) is 0. The number of ether oxygens (including phenoxy) is 1. The Morgan fingerprint density at radius 3 is 2.60 bits per heavy atom. The standard InChI is InChI=1S/C32H28FN5O4S/c1-18(2)26(33)31(40)37-15-7-8-20(17-37)35-29(39)28-27-25-24(13-14-34-30(25)43-28)38(32(41)36-27)23-12-11-22(16-19(23)3)42-21-9-5-4-6-10-21/h4-6,9-14,16-17H,7-8,15H2,1-3H3,(H,35,39)(H,36,41). The highest BCUT2D eigenvalue weighted by molar-refractivity contribution is 7.21. The normalized spacial score (nSPS) is 14.2. The number of aryl methyl sites for hydroxylation is 1. The number of anilines is 3. The number of urea groups is 1. The van der Waals surface area contributed by atoms with Gasteiger partial charge in [0.2, 0.25) is 0 Å². The molecule has 0 saturated heterocycles. The van der Waals surface area contributed by atoms with Crippen LogP contribution in [0.2, 0.25) is 0 Å². The van der Waals surface area contributed by atoms with E-state index in [2.05, 4.69) is 15.6 Å². The monoisotopic (exact) mass is 597 g/mol. The average Bonchev–Trinajstić information content (AvgIpc) is 3.37. The number of carbonyl (C=O) groups excluding carboxylic acids is 3. The molecule has 4 heterocycles. The number of rotatable bonds is 6. The van der Waals surface area contributed by atoms with E-state index in [-0.39, 0.29) is 4.88 Å². The maximum absolute atomic E-state index is 14.3. The Kier molecular flexibility index (Phi) is 7.41. The zero-order valence-electron chi connectivity index (χ0n) is 23.7. The van der Waals surface area contributed by atoms with Crippen molar-refractivity contribution in [2.24, 2.45) is 0 Å². The first-order valence-corrected chi connectivity index (χ1v) is 14.5. The van der Waals surface area contributed by atoms with Crippen LogP contribution >= 0.6 is 11.3 Å². The summed E-state index contributed by atoms with van der Waals surface area (Å²) in [5.74, 6) is -0.643. The Morgan fingerprint density at radius 1 is 1.07 bits per heavy atom. The summed E-state index contributed by atoms with van der Waals surface area (Å²) in [6, 6.07) is 16.3. The minimum Gasteiger partial charge on any atom is -0.457 e. The van der Waals surface area contributed by atoms with Crippen LogP contribution in [-0.4, -0.2) is 34.3 Å². The molecule has 9 nitrogen and oxygen atoms in total. The van der Waals surface area contributed by atoms with Gasteiger partial charge in [-0.1, -0.05) is 18.2 Å². The number of allylic oxidation sites excluding steroid dienone is 2. The lowest BCUT2D eigenvalue weighted by molar-refractivity contribution is -0.126. The van der Waals surface area contributed by atoms with Crippen molar-refractivity contribution in [3.8, 4) is 11.5 Å². The summed E-state index contributed by atoms with van der Waals surface area (Å²) >= 11 is 1.16. The van der Waals surface area contributed by atoms with Gasteiger partial charge in [-0.15, -0.1) is 11.3 Å². The number of thiophene rings is 1. The maximum atomic E-state index is 14.3. The largest absolute Gasteiger partial charge is 0.457 e. The molecule has 4 amide bonds. The van der Waals surface area contributed by atoms with Gasteiger partial charge in [0.1, 0.15) is 21.2 Å². The van der Waals surface area contributed by atoms with E-state index in [9.17, 15) is 18.8 Å². The lowest BCUT2D eigenvalue weighted by atomic mass is 10.1. The summed E-state index contributed by atoms with van der Waals surface area (Å²) in [6.07, 6.45) is 4.17. The Labute approximate surface area is 251 Å². The lowest BCUT2D eigenvalue weighted by Crippen LogP contribution is -2.36. The molecule has 4 aromatic rings. The Morgan fingerprint density at radius 2 is 1.86 bits per heavy atom. The molecule has 2 aromatic heterocycles. The second-order valence-corrected chi connectivity index (χ2v) is 11.5. The van der Waals surface area contributed by atoms with E-state index in [1.54, 1.807) is 23.2 Å². The number of aromatic nitrogens is 1. The van der Waals surface area contributed by atoms with Crippen LogP contribution in [0.5, 0.6) is 11.5 Å². The van der Waals surface area contributed by atoms with Crippen LogP contribution in [0.1, 0.15) is 41.9 Å². The molecular weight excluding hydrogens is 569 g/mol. The zero-order valence-corrected chi connectivity index (χ0v) is 24.5. The molecule has 2 aromatic carbocycles. The first-order valence-electron chi connectivity index (χ1n) is 13.7. The van der Waals surface area contributed by atoms with E-state index in [1.807, 2.05) is 49.4 Å². The highest BCUT2D eigenvalue weighted by atomic mass is 32.1. The number of hydrogen-bond donors (Lipinski definition) is 2. The van der Waals surface area contributed by atoms with E-state index >= 15 is 0 Å². The predicted molar refractivity (Wildman–Crippen MR) is 164 cm³/mol. The van der Waals surface area contributed by atoms with Crippen molar-refractivity contribution in [2.75, 3.05) is 16.8 Å². The molecule has 11 heteroatoms. The van der Waals surface area contributed by atoms with Gasteiger partial charge in [0.15, 0.2) is 5.83 Å². The van der Waals surface area contributed by atoms with Crippen molar-refractivity contribution >= 4 is 56.5 Å². The minimum atomic E-state index is -0.808. The quantitative estimate of drug-likeness (QED) is 0.224. The van der Waals surface area contributed by atoms with E-state index in [0.29, 0.717) is 69.4 Å². The number of nitrogens with one attached hydrogen (secondary N) is 2. The van der Waals surface area contributed by atoms with Crippen molar-refractivity contribution in [1.82, 2.24) is 15.2 Å². The number of halogens is 1. The van der Waals surface area contributed by atoms with Gasteiger partial charge in [-0.25, -0.2) is 14.2 Å². The van der Waals surface area contributed by atoms with Gasteiger partial charge in [0, 0.05) is 24.6 Å². The van der Waals surface area contributed by atoms with Crippen LogP contribution in [0, 0.1) is 6.92 Å². The van der Waals surface area contributed by atoms with Crippen LogP contribution in [0.15, 0.2) is 84.1 Å². The van der Waals surface area contributed by atoms with Gasteiger partial charge in [0.05, 0.1) is 22.4 Å². The van der Waals surface area contributed by atoms with Gasteiger partial charge >= 0.3 is 6.03 Å². The number of para-hydroxylation sites is 1. The molecular formula is C32H28FN5O4S. The van der Waals surface area contributed by atoms with E-state index < -0.39 is 23.7 Å². The molecule has 2 aliphatic heterocycles. The SMILES string of the molecule is CC(C)=C(F)C(=O)N1C=C(NC(=O)c2sc3nccc4c3c2NC(=O)N4c2ccc(Oc3ccccc3)cc2C)CCC1. The molecule has 218 valence electrons. The van der Waals surface area contributed by atoms with E-state index in [0.717, 1.165) is 16.9 Å². The summed E-state index contributed by atoms with van der Waals surface area (Å²) in [6.45, 7) is 5.32. The number of pyridine rings is 1. The summed E-state index contributed by atoms with van der Waals surface area (Å²) in [5.41, 5.74) is 3.24. The molecule has 0 fully saturated rings. The molecule has 2 aliphatic rings. The average molecular weight is 598 g/mol. The van der Waals surface area contributed by atoms with Gasteiger partial charge in [-0.2, -0.15) is 0 Å². The molecule has 43 heavy (non-hydrogen) atoms. The summed E-state index contributed by atoms with van der Waals surface area (Å²) < 4.78 is 20.2. The number of nitrogens with zero attached hydrogens (tertiary/aromatic N) is 3. The molecule has 0 bridgehead atoms. The van der Waals surface area contributed by atoms with Crippen LogP contribution < -0.4 is 20.3 Å². The summed E-state index contributed by atoms with van der Waals surface area (Å²) in [5, 5.41) is 6.41. The molecule has 0 spiro atoms. The third-order valence-corrected chi connectivity index (χ3v) is 8.26. The van der Waals surface area contributed by atoms with Gasteiger partial charge < -0.3 is 20.3 Å². The van der Waals surface area contributed by atoms with Crippen molar-refractivity contribution in [3.05, 3.63) is 94.5 Å². The smallest absolute Gasteiger partial charge is 0.331 e.